The highest BCUT2D eigenvalue weighted by Crippen LogP contribution is 2.31. The zero-order chi connectivity index (χ0) is 27.9. The average Bonchev–Trinajstić information content (AvgIpc) is 2.92. The van der Waals surface area contributed by atoms with Gasteiger partial charge in [-0.05, 0) is 48.5 Å². The summed E-state index contributed by atoms with van der Waals surface area (Å²) in [5.74, 6) is -1.52. The number of anilines is 2. The van der Waals surface area contributed by atoms with E-state index in [1.165, 1.54) is 45.5 Å². The fourth-order valence-corrected chi connectivity index (χ4v) is 4.71. The van der Waals surface area contributed by atoms with Gasteiger partial charge in [-0.1, -0.05) is 35.9 Å². The number of likely N-dealkylation sites (N-methyl/N-ethyl adjacent to an activating group) is 1. The van der Waals surface area contributed by atoms with Crippen molar-refractivity contribution >= 4 is 50.8 Å². The largest absolute Gasteiger partial charge is 0.495 e. The van der Waals surface area contributed by atoms with Gasteiger partial charge in [0, 0.05) is 14.1 Å². The third-order valence-corrected chi connectivity index (χ3v) is 7.57. The smallest absolute Gasteiger partial charge is 0.338 e. The van der Waals surface area contributed by atoms with E-state index in [1.54, 1.807) is 48.5 Å². The van der Waals surface area contributed by atoms with Crippen LogP contribution in [0.3, 0.4) is 0 Å². The summed E-state index contributed by atoms with van der Waals surface area (Å²) in [5, 5.41) is 2.95. The fraction of sp³-hybridized carbons (Fsp3) is 0.192. The van der Waals surface area contributed by atoms with E-state index in [1.807, 2.05) is 0 Å². The van der Waals surface area contributed by atoms with Crippen molar-refractivity contribution in [2.45, 2.75) is 4.90 Å². The number of benzene rings is 3. The molecule has 3 rings (SSSR count). The van der Waals surface area contributed by atoms with Crippen LogP contribution in [0.25, 0.3) is 0 Å². The van der Waals surface area contributed by atoms with E-state index in [2.05, 4.69) is 5.32 Å². The van der Waals surface area contributed by atoms with Gasteiger partial charge in [0.1, 0.15) is 5.75 Å². The van der Waals surface area contributed by atoms with Crippen LogP contribution >= 0.6 is 11.6 Å². The van der Waals surface area contributed by atoms with Crippen molar-refractivity contribution in [3.63, 3.8) is 0 Å². The monoisotopic (exact) mass is 559 g/mol. The first kappa shape index (κ1) is 28.5. The van der Waals surface area contributed by atoms with Crippen LogP contribution in [0.5, 0.6) is 5.75 Å². The van der Waals surface area contributed by atoms with Crippen molar-refractivity contribution in [1.82, 2.24) is 4.90 Å². The number of rotatable bonds is 10. The molecule has 0 radical (unpaired) electrons. The second kappa shape index (κ2) is 12.4. The van der Waals surface area contributed by atoms with Crippen molar-refractivity contribution in [1.29, 1.82) is 0 Å². The summed E-state index contributed by atoms with van der Waals surface area (Å²) in [6.07, 6.45) is 0. The summed E-state index contributed by atoms with van der Waals surface area (Å²) in [5.41, 5.74) is 0.809. The van der Waals surface area contributed by atoms with Crippen molar-refractivity contribution < 1.29 is 32.3 Å². The molecule has 0 fully saturated rings. The number of esters is 1. The summed E-state index contributed by atoms with van der Waals surface area (Å²) in [7, 11) is 0.280. The molecule has 0 saturated heterocycles. The molecule has 38 heavy (non-hydrogen) atoms. The second-order valence-electron chi connectivity index (χ2n) is 8.02. The number of carbonyl (C=O) groups is 3. The molecule has 2 amide bonds. The lowest BCUT2D eigenvalue weighted by atomic mass is 10.2. The van der Waals surface area contributed by atoms with E-state index in [0.717, 1.165) is 9.21 Å². The molecule has 3 aromatic carbocycles. The van der Waals surface area contributed by atoms with Crippen LogP contribution in [0.4, 0.5) is 11.4 Å². The molecular formula is C26H26ClN3O7S. The standard InChI is InChI=1S/C26H26ClN3O7S/c1-29(16-24(31)28-21-9-5-4-8-20(21)27)25(32)17-37-26(33)18-12-14-19(15-13-18)38(34,35)30(2)22-10-6-7-11-23(22)36-3/h4-15H,16-17H2,1-3H3,(H,28,31). The molecule has 0 aliphatic heterocycles. The Morgan fingerprint density at radius 3 is 2.21 bits per heavy atom. The Morgan fingerprint density at radius 1 is 0.921 bits per heavy atom. The van der Waals surface area contributed by atoms with E-state index < -0.39 is 34.4 Å². The SMILES string of the molecule is COc1ccccc1N(C)S(=O)(=O)c1ccc(C(=O)OCC(=O)N(C)CC(=O)Nc2ccccc2Cl)cc1. The summed E-state index contributed by atoms with van der Waals surface area (Å²) < 4.78 is 37.5. The molecule has 200 valence electrons. The number of sulfonamides is 1. The fourth-order valence-electron chi connectivity index (χ4n) is 3.32. The average molecular weight is 560 g/mol. The number of para-hydroxylation sites is 3. The minimum absolute atomic E-state index is 0.0517. The highest BCUT2D eigenvalue weighted by atomic mass is 35.5. The first-order chi connectivity index (χ1) is 18.0. The molecular weight excluding hydrogens is 534 g/mol. The maximum atomic E-state index is 13.1. The molecule has 0 saturated carbocycles. The summed E-state index contributed by atoms with van der Waals surface area (Å²) >= 11 is 6.01. The van der Waals surface area contributed by atoms with E-state index in [4.69, 9.17) is 21.1 Å². The molecule has 3 aromatic rings. The first-order valence-electron chi connectivity index (χ1n) is 11.2. The topological polar surface area (TPSA) is 122 Å². The van der Waals surface area contributed by atoms with Gasteiger partial charge >= 0.3 is 5.97 Å². The maximum Gasteiger partial charge on any atom is 0.338 e. The van der Waals surface area contributed by atoms with Crippen LogP contribution in [0.1, 0.15) is 10.4 Å². The number of ether oxygens (including phenoxy) is 2. The predicted octanol–water partition coefficient (Wildman–Crippen LogP) is 3.43. The van der Waals surface area contributed by atoms with Gasteiger partial charge in [-0.2, -0.15) is 0 Å². The van der Waals surface area contributed by atoms with E-state index in [0.29, 0.717) is 22.1 Å². The Labute approximate surface area is 225 Å². The third kappa shape index (κ3) is 6.81. The molecule has 0 atom stereocenters. The molecule has 0 aromatic heterocycles. The molecule has 12 heteroatoms. The van der Waals surface area contributed by atoms with Gasteiger partial charge in [0.05, 0.1) is 40.5 Å². The molecule has 0 unspecified atom stereocenters. The highest BCUT2D eigenvalue weighted by Gasteiger charge is 2.24. The van der Waals surface area contributed by atoms with Gasteiger partial charge in [0.15, 0.2) is 6.61 Å². The minimum Gasteiger partial charge on any atom is -0.495 e. The zero-order valence-electron chi connectivity index (χ0n) is 20.9. The highest BCUT2D eigenvalue weighted by molar-refractivity contribution is 7.92. The minimum atomic E-state index is -3.95. The van der Waals surface area contributed by atoms with Crippen LogP contribution in [0.15, 0.2) is 77.7 Å². The number of amides is 2. The van der Waals surface area contributed by atoms with Crippen LogP contribution in [-0.2, 0) is 24.3 Å². The lowest BCUT2D eigenvalue weighted by molar-refractivity contribution is -0.136. The van der Waals surface area contributed by atoms with Crippen LogP contribution in [0, 0.1) is 0 Å². The van der Waals surface area contributed by atoms with Crippen molar-refractivity contribution in [2.24, 2.45) is 0 Å². The Balaban J connectivity index is 1.57. The van der Waals surface area contributed by atoms with Crippen LogP contribution in [-0.4, -0.2) is 65.5 Å². The Bertz CT molecular complexity index is 1430. The van der Waals surface area contributed by atoms with Gasteiger partial charge in [0.2, 0.25) is 5.91 Å². The number of carbonyl (C=O) groups excluding carboxylic acids is 3. The van der Waals surface area contributed by atoms with Crippen molar-refractivity contribution in [2.75, 3.05) is 44.0 Å². The summed E-state index contributed by atoms with van der Waals surface area (Å²) in [6, 6.07) is 18.4. The number of nitrogens with zero attached hydrogens (tertiary/aromatic N) is 2. The Morgan fingerprint density at radius 2 is 1.55 bits per heavy atom. The van der Waals surface area contributed by atoms with E-state index >= 15 is 0 Å². The molecule has 0 bridgehead atoms. The molecule has 0 aliphatic rings. The predicted molar refractivity (Wildman–Crippen MR) is 143 cm³/mol. The molecule has 0 aliphatic carbocycles. The second-order valence-corrected chi connectivity index (χ2v) is 10.4. The van der Waals surface area contributed by atoms with Crippen molar-refractivity contribution in [3.8, 4) is 5.75 Å². The number of methoxy groups -OCH3 is 1. The number of nitrogens with one attached hydrogen (secondary N) is 1. The van der Waals surface area contributed by atoms with Gasteiger partial charge in [-0.15, -0.1) is 0 Å². The summed E-state index contributed by atoms with van der Waals surface area (Å²) in [6.45, 7) is -0.890. The summed E-state index contributed by atoms with van der Waals surface area (Å²) in [4.78, 5) is 38.0. The third-order valence-electron chi connectivity index (χ3n) is 5.45. The molecule has 1 N–H and O–H groups in total. The normalized spacial score (nSPS) is 10.8. The number of halogens is 1. The maximum absolute atomic E-state index is 13.1. The quantitative estimate of drug-likeness (QED) is 0.378. The lowest BCUT2D eigenvalue weighted by Crippen LogP contribution is -2.37. The molecule has 10 nitrogen and oxygen atoms in total. The molecule has 0 spiro atoms. The van der Waals surface area contributed by atoms with E-state index in [9.17, 15) is 22.8 Å². The van der Waals surface area contributed by atoms with Crippen molar-refractivity contribution in [3.05, 3.63) is 83.4 Å². The lowest BCUT2D eigenvalue weighted by Gasteiger charge is -2.21. The van der Waals surface area contributed by atoms with Gasteiger partial charge in [-0.25, -0.2) is 13.2 Å². The van der Waals surface area contributed by atoms with Crippen LogP contribution in [0.2, 0.25) is 5.02 Å². The van der Waals surface area contributed by atoms with E-state index in [-0.39, 0.29) is 17.0 Å². The Hall–Kier alpha value is -4.09. The number of hydrogen-bond acceptors (Lipinski definition) is 7. The molecule has 0 heterocycles. The first-order valence-corrected chi connectivity index (χ1v) is 13.0. The van der Waals surface area contributed by atoms with Gasteiger partial charge in [-0.3, -0.25) is 13.9 Å². The zero-order valence-corrected chi connectivity index (χ0v) is 22.5. The Kier molecular flexibility index (Phi) is 9.32. The van der Waals surface area contributed by atoms with Gasteiger partial charge in [0.25, 0.3) is 15.9 Å². The van der Waals surface area contributed by atoms with Gasteiger partial charge < -0.3 is 19.7 Å². The number of hydrogen-bond donors (Lipinski definition) is 1. The van der Waals surface area contributed by atoms with Crippen LogP contribution < -0.4 is 14.4 Å².